The number of piperazine rings is 1. The molecular weight excluding hydrogens is 374 g/mol. The predicted molar refractivity (Wildman–Crippen MR) is 115 cm³/mol. The van der Waals surface area contributed by atoms with Gasteiger partial charge >= 0.3 is 0 Å². The Morgan fingerprint density at radius 1 is 1.14 bits per heavy atom. The van der Waals surface area contributed by atoms with E-state index in [9.17, 15) is 4.79 Å². The zero-order valence-corrected chi connectivity index (χ0v) is 17.6. The Labute approximate surface area is 172 Å². The van der Waals surface area contributed by atoms with Gasteiger partial charge in [-0.2, -0.15) is 0 Å². The quantitative estimate of drug-likeness (QED) is 0.781. The molecule has 0 aromatic heterocycles. The van der Waals surface area contributed by atoms with Crippen LogP contribution in [0, 0.1) is 13.8 Å². The van der Waals surface area contributed by atoms with Crippen molar-refractivity contribution >= 4 is 28.9 Å². The van der Waals surface area contributed by atoms with Gasteiger partial charge in [0.15, 0.2) is 6.61 Å². The second-order valence-corrected chi connectivity index (χ2v) is 7.85. The SMILES string of the molecule is CC[NH+]1CCN(c2ccc(Cl)cc2NC(=O)COc2cc(C)cc(C)c2)CC1. The minimum absolute atomic E-state index is 0.0391. The minimum atomic E-state index is -0.194. The molecule has 28 heavy (non-hydrogen) atoms. The van der Waals surface area contributed by atoms with E-state index < -0.39 is 0 Å². The normalized spacial score (nSPS) is 14.8. The van der Waals surface area contributed by atoms with Crippen LogP contribution < -0.4 is 19.9 Å². The third-order valence-electron chi connectivity index (χ3n) is 5.11. The molecule has 1 fully saturated rings. The Kier molecular flexibility index (Phi) is 6.81. The van der Waals surface area contributed by atoms with Gasteiger partial charge in [0.25, 0.3) is 5.91 Å². The Balaban J connectivity index is 1.66. The number of halogens is 1. The number of ether oxygens (including phenoxy) is 1. The number of aryl methyl sites for hydroxylation is 2. The molecule has 1 aliphatic heterocycles. The Hall–Kier alpha value is -2.24. The molecule has 1 amide bonds. The first-order valence-electron chi connectivity index (χ1n) is 9.83. The summed E-state index contributed by atoms with van der Waals surface area (Å²) in [6.45, 7) is 11.5. The lowest BCUT2D eigenvalue weighted by atomic mass is 10.1. The van der Waals surface area contributed by atoms with E-state index in [4.69, 9.17) is 16.3 Å². The molecule has 2 aromatic carbocycles. The van der Waals surface area contributed by atoms with Gasteiger partial charge in [0.2, 0.25) is 0 Å². The van der Waals surface area contributed by atoms with E-state index in [2.05, 4.69) is 23.2 Å². The highest BCUT2D eigenvalue weighted by Gasteiger charge is 2.21. The summed E-state index contributed by atoms with van der Waals surface area (Å²) in [4.78, 5) is 16.4. The van der Waals surface area contributed by atoms with Crippen LogP contribution in [-0.2, 0) is 4.79 Å². The van der Waals surface area contributed by atoms with Crippen LogP contribution >= 0.6 is 11.6 Å². The summed E-state index contributed by atoms with van der Waals surface area (Å²) in [7, 11) is 0. The van der Waals surface area contributed by atoms with Crippen molar-refractivity contribution in [2.45, 2.75) is 20.8 Å². The number of anilines is 2. The largest absolute Gasteiger partial charge is 0.484 e. The maximum Gasteiger partial charge on any atom is 0.262 e. The van der Waals surface area contributed by atoms with Crippen molar-refractivity contribution in [3.8, 4) is 5.75 Å². The van der Waals surface area contributed by atoms with Crippen molar-refractivity contribution in [3.63, 3.8) is 0 Å². The first-order valence-corrected chi connectivity index (χ1v) is 10.2. The Morgan fingerprint density at radius 2 is 1.82 bits per heavy atom. The molecule has 2 N–H and O–H groups in total. The van der Waals surface area contributed by atoms with Gasteiger partial charge in [-0.15, -0.1) is 0 Å². The number of rotatable bonds is 6. The van der Waals surface area contributed by atoms with Crippen molar-refractivity contribution in [2.75, 3.05) is 49.5 Å². The number of likely N-dealkylation sites (N-methyl/N-ethyl adjacent to an activating group) is 1. The van der Waals surface area contributed by atoms with Crippen LogP contribution in [0.4, 0.5) is 11.4 Å². The smallest absolute Gasteiger partial charge is 0.262 e. The molecule has 0 spiro atoms. The van der Waals surface area contributed by atoms with Crippen molar-refractivity contribution in [1.29, 1.82) is 0 Å². The van der Waals surface area contributed by atoms with Crippen molar-refractivity contribution in [3.05, 3.63) is 52.5 Å². The van der Waals surface area contributed by atoms with Crippen molar-refractivity contribution in [2.24, 2.45) is 0 Å². The highest BCUT2D eigenvalue weighted by Crippen LogP contribution is 2.29. The highest BCUT2D eigenvalue weighted by molar-refractivity contribution is 6.31. The van der Waals surface area contributed by atoms with Crippen LogP contribution in [0.1, 0.15) is 18.1 Å². The third-order valence-corrected chi connectivity index (χ3v) is 5.34. The van der Waals surface area contributed by atoms with E-state index in [1.165, 1.54) is 0 Å². The number of hydrogen-bond donors (Lipinski definition) is 2. The van der Waals surface area contributed by atoms with Gasteiger partial charge in [0.05, 0.1) is 44.1 Å². The van der Waals surface area contributed by atoms with E-state index in [1.807, 2.05) is 44.2 Å². The van der Waals surface area contributed by atoms with Gasteiger partial charge in [-0.25, -0.2) is 0 Å². The van der Waals surface area contributed by atoms with Crippen LogP contribution in [0.15, 0.2) is 36.4 Å². The summed E-state index contributed by atoms with van der Waals surface area (Å²) >= 11 is 6.19. The summed E-state index contributed by atoms with van der Waals surface area (Å²) in [6, 6.07) is 11.6. The molecule has 0 aliphatic carbocycles. The standard InChI is InChI=1S/C22H28ClN3O2/c1-4-25-7-9-26(10-8-25)21-6-5-18(23)14-20(21)24-22(27)15-28-19-12-16(2)11-17(3)13-19/h5-6,11-14H,4,7-10,15H2,1-3H3,(H,24,27)/p+1. The fourth-order valence-corrected chi connectivity index (χ4v) is 3.83. The van der Waals surface area contributed by atoms with E-state index in [0.29, 0.717) is 10.8 Å². The maximum absolute atomic E-state index is 12.5. The van der Waals surface area contributed by atoms with Crippen molar-refractivity contribution < 1.29 is 14.4 Å². The number of carbonyl (C=O) groups is 1. The number of amides is 1. The second kappa shape index (κ2) is 9.30. The molecule has 0 unspecified atom stereocenters. The fourth-order valence-electron chi connectivity index (χ4n) is 3.65. The first kappa shape index (κ1) is 20.5. The average Bonchev–Trinajstić information content (AvgIpc) is 2.66. The molecule has 0 atom stereocenters. The maximum atomic E-state index is 12.5. The zero-order chi connectivity index (χ0) is 20.1. The first-order chi connectivity index (χ1) is 13.4. The van der Waals surface area contributed by atoms with Gasteiger partial charge in [-0.1, -0.05) is 17.7 Å². The molecule has 0 saturated carbocycles. The molecule has 1 aliphatic rings. The summed E-state index contributed by atoms with van der Waals surface area (Å²) < 4.78 is 5.68. The van der Waals surface area contributed by atoms with Crippen LogP contribution in [0.2, 0.25) is 5.02 Å². The number of benzene rings is 2. The molecule has 1 saturated heterocycles. The molecule has 1 heterocycles. The molecule has 3 rings (SSSR count). The molecule has 6 heteroatoms. The van der Waals surface area contributed by atoms with E-state index in [1.54, 1.807) is 4.90 Å². The lowest BCUT2D eigenvalue weighted by Crippen LogP contribution is -3.14. The lowest BCUT2D eigenvalue weighted by molar-refractivity contribution is -0.898. The number of hydrogen-bond acceptors (Lipinski definition) is 3. The molecule has 0 bridgehead atoms. The van der Waals surface area contributed by atoms with Crippen LogP contribution in [0.25, 0.3) is 0 Å². The summed E-state index contributed by atoms with van der Waals surface area (Å²) in [5.41, 5.74) is 3.97. The van der Waals surface area contributed by atoms with Gasteiger partial charge in [0, 0.05) is 5.02 Å². The van der Waals surface area contributed by atoms with Crippen LogP contribution in [-0.4, -0.2) is 45.2 Å². The van der Waals surface area contributed by atoms with Gasteiger partial charge in [-0.05, 0) is 62.2 Å². The lowest BCUT2D eigenvalue weighted by Gasteiger charge is -2.34. The fraction of sp³-hybridized carbons (Fsp3) is 0.409. The molecule has 5 nitrogen and oxygen atoms in total. The summed E-state index contributed by atoms with van der Waals surface area (Å²) in [5, 5.41) is 3.58. The highest BCUT2D eigenvalue weighted by atomic mass is 35.5. The van der Waals surface area contributed by atoms with E-state index in [-0.39, 0.29) is 12.5 Å². The van der Waals surface area contributed by atoms with E-state index in [0.717, 1.165) is 55.2 Å². The average molecular weight is 403 g/mol. The van der Waals surface area contributed by atoms with E-state index >= 15 is 0 Å². The zero-order valence-electron chi connectivity index (χ0n) is 16.8. The van der Waals surface area contributed by atoms with Gasteiger partial charge in [-0.3, -0.25) is 4.79 Å². The second-order valence-electron chi connectivity index (χ2n) is 7.41. The monoisotopic (exact) mass is 402 g/mol. The topological polar surface area (TPSA) is 46.0 Å². The number of carbonyl (C=O) groups excluding carboxylic acids is 1. The number of nitrogens with zero attached hydrogens (tertiary/aromatic N) is 1. The molecule has 150 valence electrons. The molecule has 0 radical (unpaired) electrons. The van der Waals surface area contributed by atoms with Gasteiger partial charge < -0.3 is 19.9 Å². The van der Waals surface area contributed by atoms with Crippen LogP contribution in [0.5, 0.6) is 5.75 Å². The molecular formula is C22H29ClN3O2+. The van der Waals surface area contributed by atoms with Gasteiger partial charge in [0.1, 0.15) is 5.75 Å². The summed E-state index contributed by atoms with van der Waals surface area (Å²) in [6.07, 6.45) is 0. The molecule has 2 aromatic rings. The number of nitrogens with one attached hydrogen (secondary N) is 2. The minimum Gasteiger partial charge on any atom is -0.484 e. The summed E-state index contributed by atoms with van der Waals surface area (Å²) in [5.74, 6) is 0.512. The predicted octanol–water partition coefficient (Wildman–Crippen LogP) is 2.70. The number of quaternary nitrogens is 1. The Morgan fingerprint density at radius 3 is 2.46 bits per heavy atom. The third kappa shape index (κ3) is 5.40. The van der Waals surface area contributed by atoms with Crippen molar-refractivity contribution in [1.82, 2.24) is 0 Å². The Bertz CT molecular complexity index is 812. The van der Waals surface area contributed by atoms with Crippen LogP contribution in [0.3, 0.4) is 0 Å².